The number of amides is 1. The summed E-state index contributed by atoms with van der Waals surface area (Å²) in [5.41, 5.74) is 2.71. The Balaban J connectivity index is 1.57. The first kappa shape index (κ1) is 21.7. The van der Waals surface area contributed by atoms with Gasteiger partial charge >= 0.3 is 0 Å². The SMILES string of the molecule is Cc1nc2nc(N(Cc3ccc(Cl)cc3)C(=O)c3ccco3)[nH]n2c(=O)c1Cc1ccccc1. The molecule has 0 saturated heterocycles. The molecule has 0 aliphatic rings. The number of nitrogens with zero attached hydrogens (tertiary/aromatic N) is 4. The van der Waals surface area contributed by atoms with Gasteiger partial charge in [-0.25, -0.2) is 4.98 Å². The average Bonchev–Trinajstić information content (AvgIpc) is 3.52. The van der Waals surface area contributed by atoms with E-state index in [2.05, 4.69) is 15.1 Å². The molecule has 0 unspecified atom stereocenters. The van der Waals surface area contributed by atoms with Gasteiger partial charge in [-0.15, -0.1) is 0 Å². The molecule has 0 fully saturated rings. The Morgan fingerprint density at radius 3 is 2.50 bits per heavy atom. The van der Waals surface area contributed by atoms with Crippen LogP contribution < -0.4 is 10.5 Å². The maximum Gasteiger partial charge on any atom is 0.296 e. The molecule has 0 aliphatic carbocycles. The Bertz CT molecular complexity index is 1510. The van der Waals surface area contributed by atoms with Crippen molar-refractivity contribution < 1.29 is 9.21 Å². The van der Waals surface area contributed by atoms with Crippen LogP contribution in [0.1, 0.15) is 32.9 Å². The van der Waals surface area contributed by atoms with Crippen molar-refractivity contribution in [3.8, 4) is 0 Å². The number of furan rings is 1. The highest BCUT2D eigenvalue weighted by Crippen LogP contribution is 2.19. The summed E-state index contributed by atoms with van der Waals surface area (Å²) in [6.45, 7) is 1.97. The predicted octanol–water partition coefficient (Wildman–Crippen LogP) is 4.41. The number of rotatable bonds is 6. The molecule has 34 heavy (non-hydrogen) atoms. The van der Waals surface area contributed by atoms with Crippen molar-refractivity contribution in [2.45, 2.75) is 19.9 Å². The molecular weight excluding hydrogens is 454 g/mol. The van der Waals surface area contributed by atoms with E-state index >= 15 is 0 Å². The minimum atomic E-state index is -0.409. The smallest absolute Gasteiger partial charge is 0.296 e. The van der Waals surface area contributed by atoms with Gasteiger partial charge in [0.15, 0.2) is 5.76 Å². The van der Waals surface area contributed by atoms with Crippen LogP contribution in [0.4, 0.5) is 5.95 Å². The number of hydrogen-bond donors (Lipinski definition) is 1. The van der Waals surface area contributed by atoms with E-state index in [1.54, 1.807) is 31.2 Å². The van der Waals surface area contributed by atoms with E-state index in [0.717, 1.165) is 11.1 Å². The first-order valence-corrected chi connectivity index (χ1v) is 11.0. The summed E-state index contributed by atoms with van der Waals surface area (Å²) < 4.78 is 6.59. The second-order valence-electron chi connectivity index (χ2n) is 7.82. The first-order chi connectivity index (χ1) is 16.5. The summed E-state index contributed by atoms with van der Waals surface area (Å²) in [7, 11) is 0. The normalized spacial score (nSPS) is 11.1. The molecule has 0 aliphatic heterocycles. The molecule has 9 heteroatoms. The predicted molar refractivity (Wildman–Crippen MR) is 128 cm³/mol. The molecule has 0 radical (unpaired) electrons. The van der Waals surface area contributed by atoms with Gasteiger partial charge in [0.1, 0.15) is 0 Å². The molecule has 0 saturated carbocycles. The topological polar surface area (TPSA) is 96.5 Å². The number of halogens is 1. The zero-order chi connectivity index (χ0) is 23.7. The number of nitrogens with one attached hydrogen (secondary N) is 1. The Labute approximate surface area is 199 Å². The number of aryl methyl sites for hydroxylation is 1. The molecule has 1 N–H and O–H groups in total. The lowest BCUT2D eigenvalue weighted by atomic mass is 10.1. The highest BCUT2D eigenvalue weighted by Gasteiger charge is 2.25. The van der Waals surface area contributed by atoms with Crippen molar-refractivity contribution in [3.63, 3.8) is 0 Å². The monoisotopic (exact) mass is 473 g/mol. The van der Waals surface area contributed by atoms with Crippen LogP contribution in [-0.4, -0.2) is 25.5 Å². The van der Waals surface area contributed by atoms with Crippen LogP contribution in [0.2, 0.25) is 5.02 Å². The molecule has 170 valence electrons. The van der Waals surface area contributed by atoms with E-state index in [1.165, 1.54) is 15.7 Å². The van der Waals surface area contributed by atoms with Crippen molar-refractivity contribution in [1.82, 2.24) is 19.6 Å². The van der Waals surface area contributed by atoms with Crippen molar-refractivity contribution in [2.75, 3.05) is 4.90 Å². The zero-order valence-corrected chi connectivity index (χ0v) is 19.0. The molecule has 0 bridgehead atoms. The van der Waals surface area contributed by atoms with E-state index in [4.69, 9.17) is 16.0 Å². The highest BCUT2D eigenvalue weighted by molar-refractivity contribution is 6.30. The fraction of sp³-hybridized carbons (Fsp3) is 0.120. The molecule has 5 rings (SSSR count). The van der Waals surface area contributed by atoms with Gasteiger partial charge in [0.2, 0.25) is 5.95 Å². The second kappa shape index (κ2) is 8.99. The van der Waals surface area contributed by atoms with Gasteiger partial charge in [0.05, 0.1) is 18.5 Å². The van der Waals surface area contributed by atoms with E-state index in [0.29, 0.717) is 22.7 Å². The van der Waals surface area contributed by atoms with E-state index in [-0.39, 0.29) is 29.6 Å². The number of fused-ring (bicyclic) bond motifs is 1. The molecule has 2 aromatic carbocycles. The molecule has 1 amide bonds. The number of benzene rings is 2. The van der Waals surface area contributed by atoms with Gasteiger partial charge in [0.25, 0.3) is 17.2 Å². The summed E-state index contributed by atoms with van der Waals surface area (Å²) in [6, 6.07) is 20.0. The lowest BCUT2D eigenvalue weighted by molar-refractivity contribution is 0.0956. The van der Waals surface area contributed by atoms with Gasteiger partial charge in [-0.1, -0.05) is 54.1 Å². The van der Waals surface area contributed by atoms with E-state index < -0.39 is 5.91 Å². The van der Waals surface area contributed by atoms with Gasteiger partial charge in [-0.2, -0.15) is 9.50 Å². The maximum absolute atomic E-state index is 13.3. The fourth-order valence-corrected chi connectivity index (χ4v) is 3.84. The minimum Gasteiger partial charge on any atom is -0.459 e. The van der Waals surface area contributed by atoms with Crippen LogP contribution in [-0.2, 0) is 13.0 Å². The summed E-state index contributed by atoms with van der Waals surface area (Å²) in [6.07, 6.45) is 1.87. The van der Waals surface area contributed by atoms with Gasteiger partial charge < -0.3 is 4.42 Å². The zero-order valence-electron chi connectivity index (χ0n) is 18.2. The average molecular weight is 474 g/mol. The number of H-pyrrole nitrogens is 1. The molecule has 0 spiro atoms. The van der Waals surface area contributed by atoms with Crippen LogP contribution in [0.3, 0.4) is 0 Å². The van der Waals surface area contributed by atoms with Crippen molar-refractivity contribution in [2.24, 2.45) is 0 Å². The number of hydrogen-bond acceptors (Lipinski definition) is 5. The van der Waals surface area contributed by atoms with Gasteiger partial charge in [-0.3, -0.25) is 19.6 Å². The lowest BCUT2D eigenvalue weighted by Crippen LogP contribution is -2.31. The molecule has 3 heterocycles. The molecule has 8 nitrogen and oxygen atoms in total. The van der Waals surface area contributed by atoms with E-state index in [1.807, 2.05) is 42.5 Å². The summed E-state index contributed by atoms with van der Waals surface area (Å²) in [5, 5.41) is 3.55. The summed E-state index contributed by atoms with van der Waals surface area (Å²) in [5.74, 6) is 0.101. The third kappa shape index (κ3) is 4.23. The number of aromatic nitrogens is 4. The van der Waals surface area contributed by atoms with Crippen molar-refractivity contribution in [1.29, 1.82) is 0 Å². The Hall–Kier alpha value is -4.17. The number of aromatic amines is 1. The van der Waals surface area contributed by atoms with E-state index in [9.17, 15) is 9.59 Å². The van der Waals surface area contributed by atoms with Crippen molar-refractivity contribution >= 4 is 29.2 Å². The highest BCUT2D eigenvalue weighted by atomic mass is 35.5. The van der Waals surface area contributed by atoms with Gasteiger partial charge in [-0.05, 0) is 42.3 Å². The minimum absolute atomic E-state index is 0.149. The fourth-order valence-electron chi connectivity index (χ4n) is 3.72. The quantitative estimate of drug-likeness (QED) is 0.394. The van der Waals surface area contributed by atoms with Crippen LogP contribution in [0, 0.1) is 6.92 Å². The molecule has 3 aromatic heterocycles. The van der Waals surface area contributed by atoms with Crippen LogP contribution in [0.5, 0.6) is 0 Å². The van der Waals surface area contributed by atoms with Crippen LogP contribution in [0.15, 0.2) is 82.2 Å². The van der Waals surface area contributed by atoms with Crippen molar-refractivity contribution in [3.05, 3.63) is 117 Å². The largest absolute Gasteiger partial charge is 0.459 e. The molecule has 5 aromatic rings. The molecule has 0 atom stereocenters. The summed E-state index contributed by atoms with van der Waals surface area (Å²) >= 11 is 6.01. The summed E-state index contributed by atoms with van der Waals surface area (Å²) in [4.78, 5) is 36.9. The third-order valence-corrected chi connectivity index (χ3v) is 5.75. The second-order valence-corrected chi connectivity index (χ2v) is 8.26. The van der Waals surface area contributed by atoms with Gasteiger partial charge in [0, 0.05) is 17.0 Å². The number of carbonyl (C=O) groups is 1. The van der Waals surface area contributed by atoms with Crippen LogP contribution >= 0.6 is 11.6 Å². The maximum atomic E-state index is 13.3. The number of carbonyl (C=O) groups excluding carboxylic acids is 1. The Kier molecular flexibility index (Phi) is 5.73. The van der Waals surface area contributed by atoms with Crippen LogP contribution in [0.25, 0.3) is 5.78 Å². The standard InChI is InChI=1S/C25H20ClN5O3/c1-16-20(14-17-6-3-2-4-7-17)22(32)31-24(27-16)28-25(29-31)30(23(33)21-8-5-13-34-21)15-18-9-11-19(26)12-10-18/h2-13H,14-15H2,1H3,(H,27,28,29). The lowest BCUT2D eigenvalue weighted by Gasteiger charge is -2.18. The Morgan fingerprint density at radius 2 is 1.79 bits per heavy atom. The number of anilines is 1. The Morgan fingerprint density at radius 1 is 1.03 bits per heavy atom. The third-order valence-electron chi connectivity index (χ3n) is 5.49. The first-order valence-electron chi connectivity index (χ1n) is 10.6. The molecular formula is C25H20ClN5O3.